The Bertz CT molecular complexity index is 771. The molecule has 6 heteroatoms. The molecule has 0 aromatic heterocycles. The average Bonchev–Trinajstić information content (AvgIpc) is 2.66. The van der Waals surface area contributed by atoms with Crippen LogP contribution in [0.25, 0.3) is 0 Å². The van der Waals surface area contributed by atoms with Gasteiger partial charge < -0.3 is 0 Å². The molecule has 4 nitrogen and oxygen atoms in total. The molecular formula is C20H21BrFN3O. The molecule has 1 saturated heterocycles. The summed E-state index contributed by atoms with van der Waals surface area (Å²) in [6.07, 6.45) is 2.95. The highest BCUT2D eigenvalue weighted by Crippen LogP contribution is 2.20. The zero-order valence-corrected chi connectivity index (χ0v) is 16.0. The Labute approximate surface area is 161 Å². The van der Waals surface area contributed by atoms with Gasteiger partial charge in [-0.15, -0.1) is 0 Å². The molecule has 2 aromatic carbocycles. The number of likely N-dealkylation sites (tertiary alicyclic amines) is 1. The van der Waals surface area contributed by atoms with Crippen LogP contribution >= 0.6 is 15.9 Å². The summed E-state index contributed by atoms with van der Waals surface area (Å²) < 4.78 is 14.6. The highest BCUT2D eigenvalue weighted by Gasteiger charge is 2.24. The minimum Gasteiger partial charge on any atom is -0.299 e. The van der Waals surface area contributed by atoms with Gasteiger partial charge in [0.25, 0.3) is 0 Å². The number of hydrogen-bond acceptors (Lipinski definition) is 3. The smallest absolute Gasteiger partial charge is 0.243 e. The fraction of sp³-hybridized carbons (Fsp3) is 0.300. The molecule has 0 bridgehead atoms. The predicted octanol–water partition coefficient (Wildman–Crippen LogP) is 3.95. The van der Waals surface area contributed by atoms with Gasteiger partial charge in [0.2, 0.25) is 5.91 Å². The molecule has 0 aliphatic carbocycles. The molecule has 136 valence electrons. The van der Waals surface area contributed by atoms with Crippen LogP contribution in [0.2, 0.25) is 0 Å². The maximum atomic E-state index is 13.5. The van der Waals surface area contributed by atoms with Crippen molar-refractivity contribution >= 4 is 28.1 Å². The fourth-order valence-electron chi connectivity index (χ4n) is 3.04. The fourth-order valence-corrected chi connectivity index (χ4v) is 3.30. The molecule has 2 aromatic rings. The van der Waals surface area contributed by atoms with Crippen LogP contribution in [0.3, 0.4) is 0 Å². The van der Waals surface area contributed by atoms with Crippen molar-refractivity contribution in [2.75, 3.05) is 13.1 Å². The van der Waals surface area contributed by atoms with Crippen LogP contribution in [0.4, 0.5) is 4.39 Å². The lowest BCUT2D eigenvalue weighted by Crippen LogP contribution is -2.39. The maximum absolute atomic E-state index is 13.5. The Balaban J connectivity index is 1.44. The summed E-state index contributed by atoms with van der Waals surface area (Å²) in [6, 6.07) is 14.6. The Morgan fingerprint density at radius 2 is 1.88 bits per heavy atom. The monoisotopic (exact) mass is 417 g/mol. The summed E-state index contributed by atoms with van der Waals surface area (Å²) in [5, 5.41) is 3.89. The van der Waals surface area contributed by atoms with Gasteiger partial charge in [-0.05, 0) is 49.7 Å². The van der Waals surface area contributed by atoms with E-state index in [9.17, 15) is 9.18 Å². The van der Waals surface area contributed by atoms with Crippen molar-refractivity contribution in [2.45, 2.75) is 19.4 Å². The second kappa shape index (κ2) is 9.05. The number of hydrazone groups is 1. The molecule has 0 spiro atoms. The molecule has 1 heterocycles. The van der Waals surface area contributed by atoms with E-state index in [1.807, 2.05) is 12.1 Å². The molecule has 0 atom stereocenters. The van der Waals surface area contributed by atoms with Crippen molar-refractivity contribution in [3.63, 3.8) is 0 Å². The number of nitrogens with one attached hydrogen (secondary N) is 1. The Hall–Kier alpha value is -2.05. The average molecular weight is 418 g/mol. The van der Waals surface area contributed by atoms with Crippen LogP contribution in [0.5, 0.6) is 0 Å². The first-order valence-electron chi connectivity index (χ1n) is 8.66. The van der Waals surface area contributed by atoms with Gasteiger partial charge in [0, 0.05) is 22.5 Å². The van der Waals surface area contributed by atoms with Crippen LogP contribution in [-0.4, -0.2) is 30.1 Å². The van der Waals surface area contributed by atoms with Gasteiger partial charge in [-0.3, -0.25) is 9.69 Å². The summed E-state index contributed by atoms with van der Waals surface area (Å²) in [4.78, 5) is 14.6. The standard InChI is InChI=1S/C20H21BrFN3O/c21-18-7-5-15(6-8-18)14-25-11-9-16(10-12-25)20(26)24-23-13-17-3-1-2-4-19(17)22/h1-8,13,16H,9-12,14H2,(H,24,26)/b23-13+. The Morgan fingerprint density at radius 1 is 1.19 bits per heavy atom. The predicted molar refractivity (Wildman–Crippen MR) is 104 cm³/mol. The van der Waals surface area contributed by atoms with Crippen LogP contribution in [0.1, 0.15) is 24.0 Å². The van der Waals surface area contributed by atoms with E-state index in [0.29, 0.717) is 5.56 Å². The number of hydrogen-bond donors (Lipinski definition) is 1. The highest BCUT2D eigenvalue weighted by molar-refractivity contribution is 9.10. The summed E-state index contributed by atoms with van der Waals surface area (Å²) in [5.74, 6) is -0.499. The minimum absolute atomic E-state index is 0.0473. The first-order valence-corrected chi connectivity index (χ1v) is 9.45. The molecule has 26 heavy (non-hydrogen) atoms. The number of halogens is 2. The second-order valence-electron chi connectivity index (χ2n) is 6.43. The molecule has 0 unspecified atom stereocenters. The topological polar surface area (TPSA) is 44.7 Å². The van der Waals surface area contributed by atoms with E-state index in [1.165, 1.54) is 17.8 Å². The van der Waals surface area contributed by atoms with Crippen molar-refractivity contribution in [2.24, 2.45) is 11.0 Å². The van der Waals surface area contributed by atoms with E-state index in [1.54, 1.807) is 18.2 Å². The van der Waals surface area contributed by atoms with Crippen LogP contribution in [0.15, 0.2) is 58.1 Å². The Morgan fingerprint density at radius 3 is 2.58 bits per heavy atom. The van der Waals surface area contributed by atoms with Crippen molar-refractivity contribution in [1.29, 1.82) is 0 Å². The van der Waals surface area contributed by atoms with Crippen LogP contribution in [0, 0.1) is 11.7 Å². The minimum atomic E-state index is -0.355. The molecule has 1 N–H and O–H groups in total. The van der Waals surface area contributed by atoms with Gasteiger partial charge in [-0.2, -0.15) is 5.10 Å². The molecule has 1 amide bonds. The van der Waals surface area contributed by atoms with Crippen molar-refractivity contribution in [1.82, 2.24) is 10.3 Å². The van der Waals surface area contributed by atoms with Crippen molar-refractivity contribution < 1.29 is 9.18 Å². The lowest BCUT2D eigenvalue weighted by atomic mass is 9.96. The van der Waals surface area contributed by atoms with E-state index < -0.39 is 0 Å². The highest BCUT2D eigenvalue weighted by atomic mass is 79.9. The quantitative estimate of drug-likeness (QED) is 0.591. The third-order valence-corrected chi connectivity index (χ3v) is 5.09. The number of carbonyl (C=O) groups is 1. The van der Waals surface area contributed by atoms with Crippen LogP contribution in [-0.2, 0) is 11.3 Å². The van der Waals surface area contributed by atoms with E-state index in [4.69, 9.17) is 0 Å². The summed E-state index contributed by atoms with van der Waals surface area (Å²) in [5.41, 5.74) is 4.17. The molecular weight excluding hydrogens is 397 g/mol. The molecule has 1 fully saturated rings. The number of nitrogens with zero attached hydrogens (tertiary/aromatic N) is 2. The molecule has 0 saturated carbocycles. The number of benzene rings is 2. The van der Waals surface area contributed by atoms with Gasteiger partial charge in [0.05, 0.1) is 6.21 Å². The number of amides is 1. The van der Waals surface area contributed by atoms with Gasteiger partial charge >= 0.3 is 0 Å². The second-order valence-corrected chi connectivity index (χ2v) is 7.35. The lowest BCUT2D eigenvalue weighted by Gasteiger charge is -2.30. The van der Waals surface area contributed by atoms with Crippen molar-refractivity contribution in [3.8, 4) is 0 Å². The number of carbonyl (C=O) groups excluding carboxylic acids is 1. The van der Waals surface area contributed by atoms with E-state index >= 15 is 0 Å². The van der Waals surface area contributed by atoms with Gasteiger partial charge in [-0.1, -0.05) is 46.3 Å². The molecule has 1 aliphatic rings. The van der Waals surface area contributed by atoms with Crippen LogP contribution < -0.4 is 5.43 Å². The summed E-state index contributed by atoms with van der Waals surface area (Å²) in [6.45, 7) is 2.66. The largest absolute Gasteiger partial charge is 0.299 e. The normalized spacial score (nSPS) is 16.1. The third-order valence-electron chi connectivity index (χ3n) is 4.56. The maximum Gasteiger partial charge on any atom is 0.243 e. The first-order chi connectivity index (χ1) is 12.6. The van der Waals surface area contributed by atoms with Crippen molar-refractivity contribution in [3.05, 3.63) is 69.9 Å². The Kier molecular flexibility index (Phi) is 6.52. The SMILES string of the molecule is O=C(N/N=C/c1ccccc1F)C1CCN(Cc2ccc(Br)cc2)CC1. The zero-order chi connectivity index (χ0) is 18.4. The third kappa shape index (κ3) is 5.22. The van der Waals surface area contributed by atoms with Gasteiger partial charge in [-0.25, -0.2) is 9.82 Å². The van der Waals surface area contributed by atoms with E-state index in [0.717, 1.165) is 36.9 Å². The molecule has 0 radical (unpaired) electrons. The lowest BCUT2D eigenvalue weighted by molar-refractivity contribution is -0.126. The summed E-state index contributed by atoms with van der Waals surface area (Å²) in [7, 11) is 0. The first kappa shape index (κ1) is 18.7. The van der Waals surface area contributed by atoms with Gasteiger partial charge in [0.1, 0.15) is 5.82 Å². The molecule has 3 rings (SSSR count). The van der Waals surface area contributed by atoms with E-state index in [-0.39, 0.29) is 17.6 Å². The molecule has 1 aliphatic heterocycles. The summed E-state index contributed by atoms with van der Waals surface area (Å²) >= 11 is 3.44. The zero-order valence-electron chi connectivity index (χ0n) is 14.4. The van der Waals surface area contributed by atoms with Gasteiger partial charge in [0.15, 0.2) is 0 Å². The number of rotatable bonds is 5. The van der Waals surface area contributed by atoms with E-state index in [2.05, 4.69) is 43.5 Å². The number of piperidine rings is 1.